The summed E-state index contributed by atoms with van der Waals surface area (Å²) in [7, 11) is 0. The zero-order valence-electron chi connectivity index (χ0n) is 11.7. The molecule has 5 nitrogen and oxygen atoms in total. The molecule has 1 aromatic rings. The van der Waals surface area contributed by atoms with Crippen LogP contribution in [0, 0.1) is 23.0 Å². The van der Waals surface area contributed by atoms with Gasteiger partial charge in [-0.15, -0.1) is 0 Å². The van der Waals surface area contributed by atoms with Crippen LogP contribution in [-0.4, -0.2) is 22.7 Å². The van der Waals surface area contributed by atoms with Crippen LogP contribution >= 0.6 is 0 Å². The number of benzene rings is 1. The lowest BCUT2D eigenvalue weighted by Crippen LogP contribution is -2.21. The number of para-hydroxylation sites is 1. The lowest BCUT2D eigenvalue weighted by Gasteiger charge is -2.16. The van der Waals surface area contributed by atoms with Crippen LogP contribution in [0.1, 0.15) is 37.7 Å². The predicted molar refractivity (Wildman–Crippen MR) is 75.9 cm³/mol. The van der Waals surface area contributed by atoms with Gasteiger partial charge in [-0.3, -0.25) is 10.1 Å². The Kier molecular flexibility index (Phi) is 4.95. The summed E-state index contributed by atoms with van der Waals surface area (Å²) in [4.78, 5) is 10.5. The Hall–Kier alpha value is -1.62. The van der Waals surface area contributed by atoms with Gasteiger partial charge in [-0.2, -0.15) is 0 Å². The highest BCUT2D eigenvalue weighted by atomic mass is 16.6. The molecule has 0 spiro atoms. The van der Waals surface area contributed by atoms with E-state index >= 15 is 0 Å². The van der Waals surface area contributed by atoms with Crippen molar-refractivity contribution in [1.29, 1.82) is 0 Å². The van der Waals surface area contributed by atoms with Crippen LogP contribution in [-0.2, 0) is 0 Å². The van der Waals surface area contributed by atoms with Gasteiger partial charge in [-0.1, -0.05) is 37.8 Å². The number of nitro groups is 1. The SMILES string of the molecule is Cc1cccc([N+](=O)[O-])c1OCC(O)CC1CCCC1. The summed E-state index contributed by atoms with van der Waals surface area (Å²) in [6.45, 7) is 1.88. The highest BCUT2D eigenvalue weighted by Crippen LogP contribution is 2.31. The van der Waals surface area contributed by atoms with E-state index in [1.165, 1.54) is 31.7 Å². The number of aliphatic hydroxyl groups is 1. The van der Waals surface area contributed by atoms with Crippen LogP contribution in [0.5, 0.6) is 5.75 Å². The zero-order valence-corrected chi connectivity index (χ0v) is 11.7. The fraction of sp³-hybridized carbons (Fsp3) is 0.600. The average molecular weight is 279 g/mol. The van der Waals surface area contributed by atoms with E-state index in [0.717, 1.165) is 6.42 Å². The van der Waals surface area contributed by atoms with E-state index in [-0.39, 0.29) is 18.0 Å². The fourth-order valence-electron chi connectivity index (χ4n) is 2.85. The third-order valence-electron chi connectivity index (χ3n) is 3.89. The molecular weight excluding hydrogens is 258 g/mol. The number of ether oxygens (including phenoxy) is 1. The van der Waals surface area contributed by atoms with Crippen LogP contribution in [0.2, 0.25) is 0 Å². The smallest absolute Gasteiger partial charge is 0.311 e. The summed E-state index contributed by atoms with van der Waals surface area (Å²) in [6, 6.07) is 4.83. The van der Waals surface area contributed by atoms with Crippen molar-refractivity contribution >= 4 is 5.69 Å². The Balaban J connectivity index is 1.94. The minimum atomic E-state index is -0.558. The van der Waals surface area contributed by atoms with Crippen LogP contribution in [0.3, 0.4) is 0 Å². The fourth-order valence-corrected chi connectivity index (χ4v) is 2.85. The molecule has 0 saturated heterocycles. The van der Waals surface area contributed by atoms with Crippen LogP contribution in [0.15, 0.2) is 18.2 Å². The zero-order chi connectivity index (χ0) is 14.5. The van der Waals surface area contributed by atoms with Gasteiger partial charge in [0.1, 0.15) is 6.61 Å². The van der Waals surface area contributed by atoms with E-state index in [2.05, 4.69) is 0 Å². The molecule has 1 aliphatic rings. The molecule has 20 heavy (non-hydrogen) atoms. The maximum atomic E-state index is 11.0. The van der Waals surface area contributed by atoms with Crippen LogP contribution in [0.25, 0.3) is 0 Å². The minimum Gasteiger partial charge on any atom is -0.484 e. The Morgan fingerprint density at radius 2 is 2.15 bits per heavy atom. The molecule has 5 heteroatoms. The number of aryl methyl sites for hydroxylation is 1. The Labute approximate surface area is 118 Å². The third kappa shape index (κ3) is 3.70. The summed E-state index contributed by atoms with van der Waals surface area (Å²) in [5.41, 5.74) is 0.672. The number of rotatable bonds is 6. The molecule has 1 saturated carbocycles. The van der Waals surface area contributed by atoms with E-state index < -0.39 is 11.0 Å². The lowest BCUT2D eigenvalue weighted by atomic mass is 10.0. The maximum Gasteiger partial charge on any atom is 0.311 e. The summed E-state index contributed by atoms with van der Waals surface area (Å²) in [5, 5.41) is 21.0. The van der Waals surface area contributed by atoms with Gasteiger partial charge in [0.25, 0.3) is 0 Å². The molecule has 110 valence electrons. The van der Waals surface area contributed by atoms with Gasteiger partial charge in [-0.05, 0) is 24.8 Å². The first-order valence-electron chi connectivity index (χ1n) is 7.13. The van der Waals surface area contributed by atoms with Crippen molar-refractivity contribution in [2.24, 2.45) is 5.92 Å². The number of nitrogens with zero attached hydrogens (tertiary/aromatic N) is 1. The minimum absolute atomic E-state index is 0.0435. The second kappa shape index (κ2) is 6.70. The van der Waals surface area contributed by atoms with Gasteiger partial charge in [0.15, 0.2) is 5.75 Å². The number of nitro benzene ring substituents is 1. The van der Waals surface area contributed by atoms with E-state index in [0.29, 0.717) is 11.5 Å². The van der Waals surface area contributed by atoms with Crippen molar-refractivity contribution in [2.45, 2.75) is 45.1 Å². The number of aliphatic hydroxyl groups excluding tert-OH is 1. The highest BCUT2D eigenvalue weighted by Gasteiger charge is 2.21. The Bertz CT molecular complexity index is 469. The van der Waals surface area contributed by atoms with Crippen molar-refractivity contribution in [3.8, 4) is 5.75 Å². The second-order valence-corrected chi connectivity index (χ2v) is 5.53. The Morgan fingerprint density at radius 1 is 1.45 bits per heavy atom. The molecular formula is C15H21NO4. The quantitative estimate of drug-likeness (QED) is 0.641. The topological polar surface area (TPSA) is 72.6 Å². The molecule has 0 aromatic heterocycles. The molecule has 0 bridgehead atoms. The molecule has 1 aromatic carbocycles. The van der Waals surface area contributed by atoms with Crippen molar-refractivity contribution in [1.82, 2.24) is 0 Å². The molecule has 0 radical (unpaired) electrons. The first-order chi connectivity index (χ1) is 9.58. The van der Waals surface area contributed by atoms with E-state index in [9.17, 15) is 15.2 Å². The van der Waals surface area contributed by atoms with E-state index in [1.807, 2.05) is 0 Å². The average Bonchev–Trinajstić information content (AvgIpc) is 2.89. The molecule has 0 aliphatic heterocycles. The molecule has 1 aliphatic carbocycles. The summed E-state index contributed by atoms with van der Waals surface area (Å²) < 4.78 is 5.51. The van der Waals surface area contributed by atoms with Gasteiger partial charge in [0.2, 0.25) is 0 Å². The van der Waals surface area contributed by atoms with E-state index in [1.54, 1.807) is 19.1 Å². The summed E-state index contributed by atoms with van der Waals surface area (Å²) >= 11 is 0. The Morgan fingerprint density at radius 3 is 2.80 bits per heavy atom. The standard InChI is InChI=1S/C15H21NO4/c1-11-5-4-8-14(16(18)19)15(11)20-10-13(17)9-12-6-2-3-7-12/h4-5,8,12-13,17H,2-3,6-7,9-10H2,1H3. The monoisotopic (exact) mass is 279 g/mol. The molecule has 0 amide bonds. The van der Waals surface area contributed by atoms with Gasteiger partial charge in [0.05, 0.1) is 11.0 Å². The van der Waals surface area contributed by atoms with Gasteiger partial charge >= 0.3 is 5.69 Å². The van der Waals surface area contributed by atoms with E-state index in [4.69, 9.17) is 4.74 Å². The molecule has 1 N–H and O–H groups in total. The largest absolute Gasteiger partial charge is 0.484 e. The van der Waals surface area contributed by atoms with Crippen molar-refractivity contribution in [2.75, 3.05) is 6.61 Å². The molecule has 0 heterocycles. The van der Waals surface area contributed by atoms with Gasteiger partial charge < -0.3 is 9.84 Å². The van der Waals surface area contributed by atoms with Crippen molar-refractivity contribution < 1.29 is 14.8 Å². The molecule has 1 unspecified atom stereocenters. The lowest BCUT2D eigenvalue weighted by molar-refractivity contribution is -0.386. The first kappa shape index (κ1) is 14.8. The molecule has 1 fully saturated rings. The second-order valence-electron chi connectivity index (χ2n) is 5.53. The summed E-state index contributed by atoms with van der Waals surface area (Å²) in [5.74, 6) is 0.837. The van der Waals surface area contributed by atoms with Crippen LogP contribution < -0.4 is 4.74 Å². The molecule has 1 atom stereocenters. The van der Waals surface area contributed by atoms with Crippen LogP contribution in [0.4, 0.5) is 5.69 Å². The van der Waals surface area contributed by atoms with Crippen molar-refractivity contribution in [3.05, 3.63) is 33.9 Å². The third-order valence-corrected chi connectivity index (χ3v) is 3.89. The summed E-state index contributed by atoms with van der Waals surface area (Å²) in [6.07, 6.45) is 4.98. The number of hydrogen-bond donors (Lipinski definition) is 1. The molecule has 2 rings (SSSR count). The normalized spacial score (nSPS) is 17.1. The maximum absolute atomic E-state index is 11.0. The highest BCUT2D eigenvalue weighted by molar-refractivity contribution is 5.51. The van der Waals surface area contributed by atoms with Gasteiger partial charge in [-0.25, -0.2) is 0 Å². The predicted octanol–water partition coefficient (Wildman–Crippen LogP) is 3.22. The van der Waals surface area contributed by atoms with Crippen molar-refractivity contribution in [3.63, 3.8) is 0 Å². The van der Waals surface area contributed by atoms with Gasteiger partial charge in [0, 0.05) is 6.07 Å². The number of hydrogen-bond acceptors (Lipinski definition) is 4. The first-order valence-corrected chi connectivity index (χ1v) is 7.13.